The Labute approximate surface area is 112 Å². The number of ether oxygens (including phenoxy) is 1. The lowest BCUT2D eigenvalue weighted by molar-refractivity contribution is 0.411. The summed E-state index contributed by atoms with van der Waals surface area (Å²) in [6, 6.07) is 3.93. The molecule has 0 spiro atoms. The van der Waals surface area contributed by atoms with Crippen LogP contribution in [0.15, 0.2) is 27.2 Å². The maximum atomic E-state index is 5.85. The standard InChI is InChI=1S/C11H11Br2ClO/c1-7(14)3-4-8-5-9(12)6-10(13)11(8)15-2/h3-7H,1-2H3/b4-3+. The van der Waals surface area contributed by atoms with Gasteiger partial charge in [0.2, 0.25) is 0 Å². The minimum Gasteiger partial charge on any atom is -0.495 e. The molecule has 0 aromatic heterocycles. The molecule has 1 aromatic rings. The van der Waals surface area contributed by atoms with Crippen molar-refractivity contribution in [3.05, 3.63) is 32.7 Å². The van der Waals surface area contributed by atoms with Crippen LogP contribution in [0.4, 0.5) is 0 Å². The average Bonchev–Trinajstić information content (AvgIpc) is 2.13. The van der Waals surface area contributed by atoms with Crippen LogP contribution in [0.1, 0.15) is 12.5 Å². The van der Waals surface area contributed by atoms with Gasteiger partial charge in [0.15, 0.2) is 0 Å². The topological polar surface area (TPSA) is 9.23 Å². The summed E-state index contributed by atoms with van der Waals surface area (Å²) in [5, 5.41) is 0.00691. The Kier molecular flexibility index (Phi) is 5.16. The molecule has 0 saturated heterocycles. The zero-order valence-electron chi connectivity index (χ0n) is 8.43. The molecular weight excluding hydrogens is 343 g/mol. The number of hydrogen-bond donors (Lipinski definition) is 0. The summed E-state index contributed by atoms with van der Waals surface area (Å²) < 4.78 is 7.22. The third kappa shape index (κ3) is 3.82. The molecule has 0 radical (unpaired) electrons. The van der Waals surface area contributed by atoms with Crippen LogP contribution in [0.5, 0.6) is 5.75 Å². The largest absolute Gasteiger partial charge is 0.495 e. The highest BCUT2D eigenvalue weighted by Crippen LogP contribution is 2.33. The van der Waals surface area contributed by atoms with Gasteiger partial charge in [0, 0.05) is 15.4 Å². The van der Waals surface area contributed by atoms with E-state index < -0.39 is 0 Å². The van der Waals surface area contributed by atoms with E-state index in [1.54, 1.807) is 7.11 Å². The van der Waals surface area contributed by atoms with Crippen LogP contribution in [0.3, 0.4) is 0 Å². The molecule has 1 rings (SSSR count). The number of alkyl halides is 1. The predicted octanol–water partition coefficient (Wildman–Crippen LogP) is 4.86. The normalized spacial score (nSPS) is 13.1. The van der Waals surface area contributed by atoms with Crippen LogP contribution in [0.25, 0.3) is 6.08 Å². The third-order valence-corrected chi connectivity index (χ3v) is 2.97. The predicted molar refractivity (Wildman–Crippen MR) is 72.7 cm³/mol. The first-order valence-electron chi connectivity index (χ1n) is 4.40. The lowest BCUT2D eigenvalue weighted by Crippen LogP contribution is -1.90. The zero-order chi connectivity index (χ0) is 11.4. The van der Waals surface area contributed by atoms with Crippen LogP contribution in [-0.2, 0) is 0 Å². The number of hydrogen-bond acceptors (Lipinski definition) is 1. The Morgan fingerprint density at radius 1 is 1.40 bits per heavy atom. The molecule has 0 bridgehead atoms. The molecule has 0 amide bonds. The second kappa shape index (κ2) is 5.92. The van der Waals surface area contributed by atoms with Gasteiger partial charge in [-0.05, 0) is 35.0 Å². The van der Waals surface area contributed by atoms with Crippen molar-refractivity contribution in [1.82, 2.24) is 0 Å². The van der Waals surface area contributed by atoms with Gasteiger partial charge in [-0.15, -0.1) is 11.6 Å². The van der Waals surface area contributed by atoms with Crippen molar-refractivity contribution in [3.8, 4) is 5.75 Å². The minimum atomic E-state index is 0.00691. The molecule has 1 nitrogen and oxygen atoms in total. The van der Waals surface area contributed by atoms with Gasteiger partial charge in [-0.25, -0.2) is 0 Å². The zero-order valence-corrected chi connectivity index (χ0v) is 12.4. The maximum Gasteiger partial charge on any atom is 0.140 e. The molecule has 4 heteroatoms. The summed E-state index contributed by atoms with van der Waals surface area (Å²) in [5.41, 5.74) is 0.992. The highest BCUT2D eigenvalue weighted by molar-refractivity contribution is 9.11. The van der Waals surface area contributed by atoms with Crippen LogP contribution in [0.2, 0.25) is 0 Å². The van der Waals surface area contributed by atoms with E-state index in [1.807, 2.05) is 31.2 Å². The first kappa shape index (κ1) is 13.1. The molecule has 0 saturated carbocycles. The Morgan fingerprint density at radius 3 is 2.60 bits per heavy atom. The highest BCUT2D eigenvalue weighted by Gasteiger charge is 2.06. The van der Waals surface area contributed by atoms with Crippen molar-refractivity contribution in [1.29, 1.82) is 0 Å². The first-order valence-corrected chi connectivity index (χ1v) is 6.42. The second-order valence-electron chi connectivity index (χ2n) is 3.05. The van der Waals surface area contributed by atoms with Crippen molar-refractivity contribution in [2.45, 2.75) is 12.3 Å². The molecule has 0 heterocycles. The van der Waals surface area contributed by atoms with E-state index in [-0.39, 0.29) is 5.38 Å². The van der Waals surface area contributed by atoms with E-state index in [9.17, 15) is 0 Å². The van der Waals surface area contributed by atoms with E-state index in [1.165, 1.54) is 0 Å². The lowest BCUT2D eigenvalue weighted by atomic mass is 10.2. The van der Waals surface area contributed by atoms with E-state index in [0.717, 1.165) is 20.3 Å². The fraction of sp³-hybridized carbons (Fsp3) is 0.273. The summed E-state index contributed by atoms with van der Waals surface area (Å²) in [4.78, 5) is 0. The van der Waals surface area contributed by atoms with E-state index >= 15 is 0 Å². The summed E-state index contributed by atoms with van der Waals surface area (Å²) in [6.45, 7) is 1.91. The van der Waals surface area contributed by atoms with Gasteiger partial charge >= 0.3 is 0 Å². The van der Waals surface area contributed by atoms with Crippen LogP contribution in [0, 0.1) is 0 Å². The molecule has 0 aliphatic heterocycles. The fourth-order valence-corrected chi connectivity index (χ4v) is 2.65. The quantitative estimate of drug-likeness (QED) is 0.704. The van der Waals surface area contributed by atoms with Gasteiger partial charge in [0.05, 0.1) is 11.6 Å². The van der Waals surface area contributed by atoms with Crippen molar-refractivity contribution in [2.24, 2.45) is 0 Å². The monoisotopic (exact) mass is 352 g/mol. The third-order valence-electron chi connectivity index (χ3n) is 1.78. The summed E-state index contributed by atoms with van der Waals surface area (Å²) >= 11 is 12.7. The molecule has 0 fully saturated rings. The number of allylic oxidation sites excluding steroid dienone is 1. The van der Waals surface area contributed by atoms with Crippen molar-refractivity contribution in [2.75, 3.05) is 7.11 Å². The molecule has 0 N–H and O–H groups in total. The second-order valence-corrected chi connectivity index (χ2v) is 5.51. The number of benzene rings is 1. The van der Waals surface area contributed by atoms with Crippen LogP contribution < -0.4 is 4.74 Å². The summed E-state index contributed by atoms with van der Waals surface area (Å²) in [5.74, 6) is 0.812. The summed E-state index contributed by atoms with van der Waals surface area (Å²) in [7, 11) is 1.65. The molecule has 1 unspecified atom stereocenters. The number of methoxy groups -OCH3 is 1. The lowest BCUT2D eigenvalue weighted by Gasteiger charge is -2.08. The Bertz CT molecular complexity index is 375. The maximum absolute atomic E-state index is 5.85. The van der Waals surface area contributed by atoms with Crippen LogP contribution >= 0.6 is 43.5 Å². The van der Waals surface area contributed by atoms with Crippen molar-refractivity contribution in [3.63, 3.8) is 0 Å². The SMILES string of the molecule is COc1c(Br)cc(Br)cc1/C=C/C(C)Cl. The molecule has 0 aliphatic carbocycles. The van der Waals surface area contributed by atoms with E-state index in [2.05, 4.69) is 31.9 Å². The average molecular weight is 354 g/mol. The minimum absolute atomic E-state index is 0.00691. The van der Waals surface area contributed by atoms with Gasteiger partial charge in [-0.2, -0.15) is 0 Å². The van der Waals surface area contributed by atoms with Gasteiger partial charge in [-0.3, -0.25) is 0 Å². The molecule has 82 valence electrons. The smallest absolute Gasteiger partial charge is 0.140 e. The number of rotatable bonds is 3. The van der Waals surface area contributed by atoms with Gasteiger partial charge in [0.1, 0.15) is 5.75 Å². The van der Waals surface area contributed by atoms with Gasteiger partial charge < -0.3 is 4.74 Å². The van der Waals surface area contributed by atoms with Crippen molar-refractivity contribution < 1.29 is 4.74 Å². The molecule has 15 heavy (non-hydrogen) atoms. The number of halogens is 3. The fourth-order valence-electron chi connectivity index (χ4n) is 1.16. The van der Waals surface area contributed by atoms with Crippen molar-refractivity contribution >= 4 is 49.5 Å². The first-order chi connectivity index (χ1) is 7.04. The molecule has 0 aliphatic rings. The van der Waals surface area contributed by atoms with E-state index in [4.69, 9.17) is 16.3 Å². The van der Waals surface area contributed by atoms with Gasteiger partial charge in [-0.1, -0.05) is 28.1 Å². The molecular formula is C11H11Br2ClO. The Hall–Kier alpha value is 0.01000. The summed E-state index contributed by atoms with van der Waals surface area (Å²) in [6.07, 6.45) is 3.87. The van der Waals surface area contributed by atoms with Gasteiger partial charge in [0.25, 0.3) is 0 Å². The Balaban J connectivity index is 3.14. The van der Waals surface area contributed by atoms with E-state index in [0.29, 0.717) is 0 Å². The molecule has 1 atom stereocenters. The Morgan fingerprint density at radius 2 is 2.07 bits per heavy atom. The highest BCUT2D eigenvalue weighted by atomic mass is 79.9. The van der Waals surface area contributed by atoms with Crippen LogP contribution in [-0.4, -0.2) is 12.5 Å². The molecule has 1 aromatic carbocycles.